The van der Waals surface area contributed by atoms with Crippen molar-refractivity contribution in [1.29, 1.82) is 0 Å². The second kappa shape index (κ2) is 56.4. The average Bonchev–Trinajstić information content (AvgIpc) is 3.34. The van der Waals surface area contributed by atoms with Gasteiger partial charge in [0.25, 0.3) is 0 Å². The molecule has 6 nitrogen and oxygen atoms in total. The Balaban J connectivity index is 4.36. The fourth-order valence-electron chi connectivity index (χ4n) is 8.22. The summed E-state index contributed by atoms with van der Waals surface area (Å²) in [5.41, 5.74) is 0. The average molecular weight is 950 g/mol. The highest BCUT2D eigenvalue weighted by Crippen LogP contribution is 2.16. The number of rotatable bonds is 52. The fraction of sp³-hybridized carbons (Fsp3) is 0.758. The van der Waals surface area contributed by atoms with Crippen molar-refractivity contribution in [2.75, 3.05) is 13.2 Å². The Morgan fingerprint density at radius 1 is 0.324 bits per heavy atom. The molecule has 0 aromatic carbocycles. The molecule has 0 fully saturated rings. The first-order valence-corrected chi connectivity index (χ1v) is 29.0. The molecule has 0 bridgehead atoms. The van der Waals surface area contributed by atoms with E-state index in [2.05, 4.69) is 93.7 Å². The number of hydrogen-bond donors (Lipinski definition) is 0. The van der Waals surface area contributed by atoms with E-state index in [9.17, 15) is 14.4 Å². The van der Waals surface area contributed by atoms with E-state index in [0.717, 1.165) is 103 Å². The van der Waals surface area contributed by atoms with E-state index < -0.39 is 6.10 Å². The van der Waals surface area contributed by atoms with Crippen molar-refractivity contribution in [2.24, 2.45) is 0 Å². The molecule has 0 radical (unpaired) electrons. The minimum absolute atomic E-state index is 0.0829. The van der Waals surface area contributed by atoms with Crippen LogP contribution in [0.5, 0.6) is 0 Å². The Morgan fingerprint density at radius 3 is 1.06 bits per heavy atom. The van der Waals surface area contributed by atoms with Crippen LogP contribution in [0.2, 0.25) is 0 Å². The van der Waals surface area contributed by atoms with Gasteiger partial charge in [-0.1, -0.05) is 267 Å². The number of carbonyl (C=O) groups is 3. The second-order valence-corrected chi connectivity index (χ2v) is 19.2. The summed E-state index contributed by atoms with van der Waals surface area (Å²) in [6.45, 7) is 6.41. The van der Waals surface area contributed by atoms with Crippen LogP contribution in [0.4, 0.5) is 0 Å². The maximum atomic E-state index is 12.9. The summed E-state index contributed by atoms with van der Waals surface area (Å²) >= 11 is 0. The highest BCUT2D eigenvalue weighted by Gasteiger charge is 2.19. The lowest BCUT2D eigenvalue weighted by molar-refractivity contribution is -0.167. The predicted molar refractivity (Wildman–Crippen MR) is 293 cm³/mol. The van der Waals surface area contributed by atoms with Gasteiger partial charge in [0.1, 0.15) is 13.2 Å². The van der Waals surface area contributed by atoms with Crippen LogP contribution in [0, 0.1) is 0 Å². The van der Waals surface area contributed by atoms with E-state index in [4.69, 9.17) is 14.2 Å². The van der Waals surface area contributed by atoms with Gasteiger partial charge in [0.05, 0.1) is 0 Å². The first-order valence-electron chi connectivity index (χ1n) is 29.0. The smallest absolute Gasteiger partial charge is 0.306 e. The normalized spacial score (nSPS) is 12.6. The summed E-state index contributed by atoms with van der Waals surface area (Å²) in [5.74, 6) is -0.898. The Hall–Kier alpha value is -3.15. The molecule has 0 aliphatic rings. The molecule has 68 heavy (non-hydrogen) atoms. The number of carbonyl (C=O) groups excluding carboxylic acids is 3. The Labute approximate surface area is 421 Å². The molecule has 1 unspecified atom stereocenters. The predicted octanol–water partition coefficient (Wildman–Crippen LogP) is 19.4. The first-order chi connectivity index (χ1) is 33.5. The maximum Gasteiger partial charge on any atom is 0.306 e. The molecule has 0 saturated carbocycles. The van der Waals surface area contributed by atoms with Crippen molar-refractivity contribution in [2.45, 2.75) is 290 Å². The van der Waals surface area contributed by atoms with E-state index in [0.29, 0.717) is 19.3 Å². The zero-order chi connectivity index (χ0) is 49.3. The largest absolute Gasteiger partial charge is 0.462 e. The van der Waals surface area contributed by atoms with Gasteiger partial charge in [0, 0.05) is 19.3 Å². The second-order valence-electron chi connectivity index (χ2n) is 19.2. The summed E-state index contributed by atoms with van der Waals surface area (Å²) in [4.78, 5) is 38.2. The third-order valence-corrected chi connectivity index (χ3v) is 12.5. The van der Waals surface area contributed by atoms with Gasteiger partial charge in [-0.3, -0.25) is 14.4 Å². The summed E-state index contributed by atoms with van der Waals surface area (Å²) in [7, 11) is 0. The van der Waals surface area contributed by atoms with Gasteiger partial charge >= 0.3 is 17.9 Å². The zero-order valence-electron chi connectivity index (χ0n) is 44.9. The standard InChI is InChI=1S/C62H108O6/c1-4-7-10-13-16-19-22-25-27-29-31-33-34-37-40-43-46-49-52-55-61(64)67-58-59(57-66-60(63)54-51-48-45-42-39-36-24-21-18-15-12-9-6-3)68-62(65)56-53-50-47-44-41-38-35-32-30-28-26-23-20-17-14-11-8-5-2/h7,9-10,12,15-16,18-19,21,24-25,27,59H,4-6,8,11,13-14,17,20,22-23,26,28-58H2,1-3H3/b10-7+,12-9+,18-15+,19-16+,24-21+,27-25+. The van der Waals surface area contributed by atoms with Gasteiger partial charge in [0.2, 0.25) is 0 Å². The van der Waals surface area contributed by atoms with Crippen LogP contribution in [-0.2, 0) is 28.6 Å². The Bertz CT molecular complexity index is 1270. The van der Waals surface area contributed by atoms with Crippen LogP contribution in [0.25, 0.3) is 0 Å². The van der Waals surface area contributed by atoms with Crippen molar-refractivity contribution < 1.29 is 28.6 Å². The quantitative estimate of drug-likeness (QED) is 0.0199. The van der Waals surface area contributed by atoms with Gasteiger partial charge in [0.15, 0.2) is 6.10 Å². The van der Waals surface area contributed by atoms with Crippen molar-refractivity contribution in [1.82, 2.24) is 0 Å². The first kappa shape index (κ1) is 64.8. The third kappa shape index (κ3) is 53.8. The van der Waals surface area contributed by atoms with E-state index >= 15 is 0 Å². The molecular formula is C62H108O6. The van der Waals surface area contributed by atoms with Crippen molar-refractivity contribution in [3.63, 3.8) is 0 Å². The van der Waals surface area contributed by atoms with E-state index in [1.54, 1.807) is 0 Å². The van der Waals surface area contributed by atoms with Crippen LogP contribution in [0.15, 0.2) is 72.9 Å². The van der Waals surface area contributed by atoms with Crippen molar-refractivity contribution in [3.8, 4) is 0 Å². The van der Waals surface area contributed by atoms with Gasteiger partial charge in [-0.25, -0.2) is 0 Å². The summed E-state index contributed by atoms with van der Waals surface area (Å²) in [6, 6.07) is 0. The Kier molecular flexibility index (Phi) is 53.8. The number of ether oxygens (including phenoxy) is 3. The zero-order valence-corrected chi connectivity index (χ0v) is 44.9. The summed E-state index contributed by atoms with van der Waals surface area (Å²) < 4.78 is 16.9. The Morgan fingerprint density at radius 2 is 0.647 bits per heavy atom. The molecule has 0 saturated heterocycles. The van der Waals surface area contributed by atoms with E-state index in [1.807, 2.05) is 0 Å². The summed E-state index contributed by atoms with van der Waals surface area (Å²) in [5, 5.41) is 0. The lowest BCUT2D eigenvalue weighted by Crippen LogP contribution is -2.30. The fourth-order valence-corrected chi connectivity index (χ4v) is 8.22. The SMILES string of the molecule is CC/C=C/C=C/C=C/CCCCCCCC(=O)OCC(COC(=O)CCCCCCCCCCC/C=C/C/C=C/C/C=C/CC)OC(=O)CCCCCCCCCCCCCCCCCCCC. The lowest BCUT2D eigenvalue weighted by atomic mass is 10.0. The number of hydrogen-bond acceptors (Lipinski definition) is 6. The molecule has 0 rings (SSSR count). The van der Waals surface area contributed by atoms with Crippen molar-refractivity contribution in [3.05, 3.63) is 72.9 Å². The van der Waals surface area contributed by atoms with E-state index in [1.165, 1.54) is 141 Å². The molecule has 0 spiro atoms. The molecule has 1 atom stereocenters. The van der Waals surface area contributed by atoms with Crippen LogP contribution in [0.1, 0.15) is 284 Å². The van der Waals surface area contributed by atoms with Crippen LogP contribution >= 0.6 is 0 Å². The van der Waals surface area contributed by atoms with Crippen LogP contribution in [-0.4, -0.2) is 37.2 Å². The molecule has 0 aromatic rings. The van der Waals surface area contributed by atoms with Gasteiger partial charge in [-0.2, -0.15) is 0 Å². The lowest BCUT2D eigenvalue weighted by Gasteiger charge is -2.18. The van der Waals surface area contributed by atoms with Crippen molar-refractivity contribution >= 4 is 17.9 Å². The molecular weight excluding hydrogens is 841 g/mol. The van der Waals surface area contributed by atoms with Gasteiger partial charge in [-0.05, 0) is 70.6 Å². The molecule has 392 valence electrons. The number of unbranched alkanes of at least 4 members (excludes halogenated alkanes) is 31. The van der Waals surface area contributed by atoms with E-state index in [-0.39, 0.29) is 31.1 Å². The molecule has 0 aromatic heterocycles. The molecule has 0 N–H and O–H groups in total. The number of esters is 3. The minimum atomic E-state index is -0.785. The highest BCUT2D eigenvalue weighted by atomic mass is 16.6. The minimum Gasteiger partial charge on any atom is -0.462 e. The topological polar surface area (TPSA) is 78.9 Å². The van der Waals surface area contributed by atoms with Crippen LogP contribution < -0.4 is 0 Å². The monoisotopic (exact) mass is 949 g/mol. The van der Waals surface area contributed by atoms with Gasteiger partial charge in [-0.15, -0.1) is 0 Å². The molecule has 6 heteroatoms. The highest BCUT2D eigenvalue weighted by molar-refractivity contribution is 5.71. The molecule has 0 amide bonds. The number of allylic oxidation sites excluding steroid dienone is 12. The van der Waals surface area contributed by atoms with Crippen LogP contribution in [0.3, 0.4) is 0 Å². The molecule has 0 aliphatic heterocycles. The molecule has 0 aliphatic carbocycles. The maximum absolute atomic E-state index is 12.9. The third-order valence-electron chi connectivity index (χ3n) is 12.5. The van der Waals surface area contributed by atoms with Gasteiger partial charge < -0.3 is 14.2 Å². The molecule has 0 heterocycles. The summed E-state index contributed by atoms with van der Waals surface area (Å²) in [6.07, 6.45) is 71.8.